The van der Waals surface area contributed by atoms with E-state index < -0.39 is 18.9 Å². The van der Waals surface area contributed by atoms with E-state index in [1.54, 1.807) is 0 Å². The third-order valence-corrected chi connectivity index (χ3v) is 2.98. The van der Waals surface area contributed by atoms with Gasteiger partial charge in [0.25, 0.3) is 0 Å². The van der Waals surface area contributed by atoms with Crippen molar-refractivity contribution in [1.29, 1.82) is 0 Å². The van der Waals surface area contributed by atoms with E-state index in [0.29, 0.717) is 10.0 Å². The minimum atomic E-state index is -4.08. The largest absolute Gasteiger partial charge is 0.389 e. The second-order valence-electron chi connectivity index (χ2n) is 3.47. The molecule has 0 heterocycles. The standard InChI is InChI=1S/C10H9BrF4N2S/c11-6-3-5(8(16)18)1-2-7(6)17-4-10(14,15)9(12)13/h1-3,9,17H,4H2,(H2,16,18). The minimum Gasteiger partial charge on any atom is -0.389 e. The van der Waals surface area contributed by atoms with Gasteiger partial charge in [-0.05, 0) is 34.1 Å². The van der Waals surface area contributed by atoms with Gasteiger partial charge in [-0.15, -0.1) is 0 Å². The maximum atomic E-state index is 12.7. The second kappa shape index (κ2) is 5.83. The third-order valence-electron chi connectivity index (χ3n) is 2.09. The monoisotopic (exact) mass is 344 g/mol. The Labute approximate surface area is 115 Å². The van der Waals surface area contributed by atoms with Crippen molar-refractivity contribution < 1.29 is 17.6 Å². The number of hydrogen-bond acceptors (Lipinski definition) is 2. The van der Waals surface area contributed by atoms with Crippen LogP contribution in [0.2, 0.25) is 0 Å². The molecule has 2 nitrogen and oxygen atoms in total. The van der Waals surface area contributed by atoms with Crippen LogP contribution in [0.3, 0.4) is 0 Å². The van der Waals surface area contributed by atoms with E-state index in [4.69, 9.17) is 18.0 Å². The van der Waals surface area contributed by atoms with Crippen LogP contribution in [-0.4, -0.2) is 23.9 Å². The zero-order valence-electron chi connectivity index (χ0n) is 8.89. The van der Waals surface area contributed by atoms with E-state index in [1.165, 1.54) is 18.2 Å². The van der Waals surface area contributed by atoms with Gasteiger partial charge in [-0.3, -0.25) is 0 Å². The molecule has 0 saturated carbocycles. The van der Waals surface area contributed by atoms with Crippen LogP contribution in [-0.2, 0) is 0 Å². The Morgan fingerprint density at radius 1 is 1.44 bits per heavy atom. The lowest BCUT2D eigenvalue weighted by molar-refractivity contribution is -0.117. The lowest BCUT2D eigenvalue weighted by atomic mass is 10.2. The zero-order chi connectivity index (χ0) is 13.9. The molecule has 0 fully saturated rings. The summed E-state index contributed by atoms with van der Waals surface area (Å²) in [5, 5.41) is 2.24. The Balaban J connectivity index is 2.78. The molecule has 0 bridgehead atoms. The van der Waals surface area contributed by atoms with Gasteiger partial charge >= 0.3 is 12.3 Å². The first-order valence-corrected chi connectivity index (χ1v) is 5.93. The summed E-state index contributed by atoms with van der Waals surface area (Å²) in [5.74, 6) is -4.08. The van der Waals surface area contributed by atoms with E-state index >= 15 is 0 Å². The quantitative estimate of drug-likeness (QED) is 0.635. The number of nitrogens with one attached hydrogen (secondary N) is 1. The molecule has 0 aromatic heterocycles. The summed E-state index contributed by atoms with van der Waals surface area (Å²) in [6.07, 6.45) is -3.71. The van der Waals surface area contributed by atoms with Gasteiger partial charge in [0.05, 0.1) is 6.54 Å². The van der Waals surface area contributed by atoms with Gasteiger partial charge in [-0.25, -0.2) is 8.78 Å². The topological polar surface area (TPSA) is 38.0 Å². The summed E-state index contributed by atoms with van der Waals surface area (Å²) in [4.78, 5) is 0.153. The first-order valence-electron chi connectivity index (χ1n) is 4.73. The van der Waals surface area contributed by atoms with Gasteiger partial charge in [0.15, 0.2) is 0 Å². The number of benzene rings is 1. The van der Waals surface area contributed by atoms with Gasteiger partial charge in [-0.2, -0.15) is 8.78 Å². The van der Waals surface area contributed by atoms with Crippen LogP contribution in [0.4, 0.5) is 23.2 Å². The van der Waals surface area contributed by atoms with Crippen molar-refractivity contribution in [3.8, 4) is 0 Å². The van der Waals surface area contributed by atoms with E-state index in [1.807, 2.05) is 0 Å². The number of anilines is 1. The van der Waals surface area contributed by atoms with Crippen molar-refractivity contribution in [3.63, 3.8) is 0 Å². The average molecular weight is 345 g/mol. The van der Waals surface area contributed by atoms with Crippen molar-refractivity contribution in [2.75, 3.05) is 11.9 Å². The molecule has 1 aromatic carbocycles. The molecule has 18 heavy (non-hydrogen) atoms. The van der Waals surface area contributed by atoms with Crippen molar-refractivity contribution in [2.24, 2.45) is 5.73 Å². The smallest absolute Gasteiger partial charge is 0.324 e. The number of thiocarbonyl (C=S) groups is 1. The van der Waals surface area contributed by atoms with Gasteiger partial charge in [0.2, 0.25) is 0 Å². The normalized spacial score (nSPS) is 11.7. The summed E-state index contributed by atoms with van der Waals surface area (Å²) in [6.45, 7) is -1.16. The molecular weight excluding hydrogens is 336 g/mol. The Bertz CT molecular complexity index is 454. The fraction of sp³-hybridized carbons (Fsp3) is 0.300. The van der Waals surface area contributed by atoms with Crippen LogP contribution in [0.15, 0.2) is 22.7 Å². The molecule has 3 N–H and O–H groups in total. The van der Waals surface area contributed by atoms with Crippen LogP contribution in [0.5, 0.6) is 0 Å². The molecule has 1 aromatic rings. The van der Waals surface area contributed by atoms with Crippen LogP contribution >= 0.6 is 28.1 Å². The highest BCUT2D eigenvalue weighted by atomic mass is 79.9. The molecule has 0 aliphatic rings. The lowest BCUT2D eigenvalue weighted by Gasteiger charge is -2.17. The average Bonchev–Trinajstić information content (AvgIpc) is 2.26. The van der Waals surface area contributed by atoms with Gasteiger partial charge < -0.3 is 11.1 Å². The number of hydrogen-bond donors (Lipinski definition) is 2. The lowest BCUT2D eigenvalue weighted by Crippen LogP contribution is -2.34. The molecule has 0 saturated heterocycles. The Hall–Kier alpha value is -0.890. The van der Waals surface area contributed by atoms with E-state index in [2.05, 4.69) is 21.2 Å². The van der Waals surface area contributed by atoms with Crippen molar-refractivity contribution >= 4 is 38.8 Å². The molecule has 0 aliphatic carbocycles. The maximum absolute atomic E-state index is 12.7. The summed E-state index contributed by atoms with van der Waals surface area (Å²) >= 11 is 7.85. The molecule has 1 rings (SSSR count). The molecule has 0 spiro atoms. The van der Waals surface area contributed by atoms with Crippen molar-refractivity contribution in [3.05, 3.63) is 28.2 Å². The van der Waals surface area contributed by atoms with Gasteiger partial charge in [0, 0.05) is 15.7 Å². The zero-order valence-corrected chi connectivity index (χ0v) is 11.3. The fourth-order valence-corrected chi connectivity index (χ4v) is 1.75. The number of rotatable bonds is 5. The highest BCUT2D eigenvalue weighted by Crippen LogP contribution is 2.27. The summed E-state index contributed by atoms with van der Waals surface area (Å²) < 4.78 is 49.7. The number of halogens is 5. The number of alkyl halides is 4. The predicted octanol–water partition coefficient (Wildman–Crippen LogP) is 3.40. The molecule has 0 aliphatic heterocycles. The first kappa shape index (κ1) is 15.2. The molecule has 8 heteroatoms. The van der Waals surface area contributed by atoms with E-state index in [-0.39, 0.29) is 10.7 Å². The molecular formula is C10H9BrF4N2S. The minimum absolute atomic E-state index is 0.153. The van der Waals surface area contributed by atoms with Crippen LogP contribution < -0.4 is 11.1 Å². The predicted molar refractivity (Wildman–Crippen MR) is 69.5 cm³/mol. The summed E-state index contributed by atoms with van der Waals surface area (Å²) in [5.41, 5.74) is 6.19. The maximum Gasteiger partial charge on any atom is 0.324 e. The highest BCUT2D eigenvalue weighted by Gasteiger charge is 2.40. The third kappa shape index (κ3) is 3.81. The van der Waals surface area contributed by atoms with E-state index in [9.17, 15) is 17.6 Å². The molecule has 0 radical (unpaired) electrons. The molecule has 100 valence electrons. The first-order chi connectivity index (χ1) is 8.24. The van der Waals surface area contributed by atoms with Crippen molar-refractivity contribution in [2.45, 2.75) is 12.3 Å². The molecule has 0 unspecified atom stereocenters. The Morgan fingerprint density at radius 2 is 2.06 bits per heavy atom. The van der Waals surface area contributed by atoms with E-state index in [0.717, 1.165) is 0 Å². The number of nitrogens with two attached hydrogens (primary N) is 1. The summed E-state index contributed by atoms with van der Waals surface area (Å²) in [6, 6.07) is 4.46. The fourth-order valence-electron chi connectivity index (χ4n) is 1.10. The Morgan fingerprint density at radius 3 is 2.50 bits per heavy atom. The van der Waals surface area contributed by atoms with Crippen LogP contribution in [0.1, 0.15) is 5.56 Å². The van der Waals surface area contributed by atoms with Crippen LogP contribution in [0.25, 0.3) is 0 Å². The summed E-state index contributed by atoms with van der Waals surface area (Å²) in [7, 11) is 0. The molecule has 0 atom stereocenters. The Kier molecular flexibility index (Phi) is 4.92. The second-order valence-corrected chi connectivity index (χ2v) is 4.77. The molecule has 0 amide bonds. The van der Waals surface area contributed by atoms with Crippen LogP contribution in [0, 0.1) is 0 Å². The van der Waals surface area contributed by atoms with Crippen molar-refractivity contribution in [1.82, 2.24) is 0 Å². The highest BCUT2D eigenvalue weighted by molar-refractivity contribution is 9.10. The SMILES string of the molecule is NC(=S)c1ccc(NCC(F)(F)C(F)F)c(Br)c1. The van der Waals surface area contributed by atoms with Gasteiger partial charge in [-0.1, -0.05) is 12.2 Å². The van der Waals surface area contributed by atoms with Gasteiger partial charge in [0.1, 0.15) is 4.99 Å².